The van der Waals surface area contributed by atoms with E-state index >= 15 is 0 Å². The van der Waals surface area contributed by atoms with Crippen LogP contribution in [-0.4, -0.2) is 42.7 Å². The third kappa shape index (κ3) is 3.22. The molecule has 0 amide bonds. The molecule has 6 heteroatoms. The Morgan fingerprint density at radius 2 is 2.47 bits per heavy atom. The van der Waals surface area contributed by atoms with Crippen LogP contribution in [0.1, 0.15) is 5.56 Å². The van der Waals surface area contributed by atoms with Gasteiger partial charge in [-0.1, -0.05) is 6.07 Å². The molecule has 1 atom stereocenters. The minimum atomic E-state index is 0.158. The van der Waals surface area contributed by atoms with Gasteiger partial charge in [0.05, 0.1) is 42.7 Å². The van der Waals surface area contributed by atoms with Gasteiger partial charge >= 0.3 is 0 Å². The molecule has 0 spiro atoms. The normalized spacial score (nSPS) is 19.7. The molecule has 0 aliphatic carbocycles. The molecule has 0 saturated carbocycles. The molecule has 0 radical (unpaired) electrons. The highest BCUT2D eigenvalue weighted by molar-refractivity contribution is 7.13. The SMILES string of the molecule is c1csc(-c2[nH]ncc2CNC[C@@H]2COCCO2)c1. The number of H-pyrrole nitrogens is 1. The Balaban J connectivity index is 1.54. The van der Waals surface area contributed by atoms with E-state index in [1.165, 1.54) is 10.4 Å². The minimum Gasteiger partial charge on any atom is -0.376 e. The van der Waals surface area contributed by atoms with Crippen LogP contribution in [0.25, 0.3) is 10.6 Å². The molecule has 5 nitrogen and oxygen atoms in total. The fourth-order valence-corrected chi connectivity index (χ4v) is 2.86. The number of ether oxygens (including phenoxy) is 2. The Kier molecular flexibility index (Phi) is 4.24. The van der Waals surface area contributed by atoms with Crippen molar-refractivity contribution in [1.29, 1.82) is 0 Å². The van der Waals surface area contributed by atoms with Crippen LogP contribution in [0.3, 0.4) is 0 Å². The second-order valence-electron chi connectivity index (χ2n) is 4.45. The van der Waals surface area contributed by atoms with Gasteiger partial charge in [-0.15, -0.1) is 11.3 Å². The first-order valence-electron chi connectivity index (χ1n) is 6.39. The number of rotatable bonds is 5. The van der Waals surface area contributed by atoms with Crippen LogP contribution in [0.4, 0.5) is 0 Å². The quantitative estimate of drug-likeness (QED) is 0.873. The van der Waals surface area contributed by atoms with Crippen molar-refractivity contribution in [3.05, 3.63) is 29.3 Å². The molecule has 2 aromatic rings. The largest absolute Gasteiger partial charge is 0.376 e. The van der Waals surface area contributed by atoms with Gasteiger partial charge in [-0.3, -0.25) is 5.10 Å². The van der Waals surface area contributed by atoms with Crippen LogP contribution in [0, 0.1) is 0 Å². The Bertz CT molecular complexity index is 492. The van der Waals surface area contributed by atoms with E-state index in [1.54, 1.807) is 11.3 Å². The second-order valence-corrected chi connectivity index (χ2v) is 5.39. The lowest BCUT2D eigenvalue weighted by Crippen LogP contribution is -2.37. The summed E-state index contributed by atoms with van der Waals surface area (Å²) in [5.41, 5.74) is 2.28. The van der Waals surface area contributed by atoms with Gasteiger partial charge in [-0.2, -0.15) is 5.10 Å². The molecule has 1 aliphatic rings. The number of nitrogens with zero attached hydrogens (tertiary/aromatic N) is 1. The summed E-state index contributed by atoms with van der Waals surface area (Å²) in [6.07, 6.45) is 2.03. The van der Waals surface area contributed by atoms with Gasteiger partial charge in [0.15, 0.2) is 0 Å². The van der Waals surface area contributed by atoms with Crippen molar-refractivity contribution in [2.75, 3.05) is 26.4 Å². The summed E-state index contributed by atoms with van der Waals surface area (Å²) < 4.78 is 11.0. The Hall–Kier alpha value is -1.21. The molecule has 1 saturated heterocycles. The zero-order valence-corrected chi connectivity index (χ0v) is 11.4. The van der Waals surface area contributed by atoms with Crippen molar-refractivity contribution in [3.8, 4) is 10.6 Å². The summed E-state index contributed by atoms with van der Waals surface area (Å²) >= 11 is 1.71. The molecule has 1 aliphatic heterocycles. The summed E-state index contributed by atoms with van der Waals surface area (Å²) in [5.74, 6) is 0. The summed E-state index contributed by atoms with van der Waals surface area (Å²) in [4.78, 5) is 1.21. The first-order chi connectivity index (χ1) is 9.43. The van der Waals surface area contributed by atoms with Gasteiger partial charge < -0.3 is 14.8 Å². The monoisotopic (exact) mass is 279 g/mol. The number of hydrogen-bond donors (Lipinski definition) is 2. The van der Waals surface area contributed by atoms with E-state index in [0.29, 0.717) is 19.8 Å². The number of aromatic amines is 1. The highest BCUT2D eigenvalue weighted by Gasteiger charge is 2.14. The standard InChI is InChI=1S/C13H17N3O2S/c1-2-12(19-5-1)13-10(7-15-16-13)6-14-8-11-9-17-3-4-18-11/h1-2,5,7,11,14H,3-4,6,8-9H2,(H,15,16)/t11-/m1/s1. The lowest BCUT2D eigenvalue weighted by Gasteiger charge is -2.23. The van der Waals surface area contributed by atoms with Gasteiger partial charge in [-0.05, 0) is 11.4 Å². The van der Waals surface area contributed by atoms with Gasteiger partial charge in [0.2, 0.25) is 0 Å². The summed E-state index contributed by atoms with van der Waals surface area (Å²) in [7, 11) is 0. The van der Waals surface area contributed by atoms with Crippen LogP contribution >= 0.6 is 11.3 Å². The molecule has 1 fully saturated rings. The molecule has 0 unspecified atom stereocenters. The minimum absolute atomic E-state index is 0.158. The zero-order valence-electron chi connectivity index (χ0n) is 10.6. The van der Waals surface area contributed by atoms with Crippen molar-refractivity contribution < 1.29 is 9.47 Å². The van der Waals surface area contributed by atoms with Gasteiger partial charge in [0, 0.05) is 18.7 Å². The third-order valence-corrected chi connectivity index (χ3v) is 3.95. The summed E-state index contributed by atoms with van der Waals surface area (Å²) in [6, 6.07) is 4.14. The van der Waals surface area contributed by atoms with Crippen LogP contribution in [0.2, 0.25) is 0 Å². The van der Waals surface area contributed by atoms with E-state index in [1.807, 2.05) is 12.3 Å². The first-order valence-corrected chi connectivity index (χ1v) is 7.27. The van der Waals surface area contributed by atoms with E-state index in [0.717, 1.165) is 18.8 Å². The van der Waals surface area contributed by atoms with Crippen LogP contribution in [0.15, 0.2) is 23.7 Å². The molecular weight excluding hydrogens is 262 g/mol. The Morgan fingerprint density at radius 3 is 3.26 bits per heavy atom. The zero-order chi connectivity index (χ0) is 12.9. The van der Waals surface area contributed by atoms with Crippen molar-refractivity contribution in [2.24, 2.45) is 0 Å². The van der Waals surface area contributed by atoms with Crippen molar-refractivity contribution in [1.82, 2.24) is 15.5 Å². The highest BCUT2D eigenvalue weighted by atomic mass is 32.1. The predicted molar refractivity (Wildman–Crippen MR) is 74.2 cm³/mol. The van der Waals surface area contributed by atoms with Crippen molar-refractivity contribution >= 4 is 11.3 Å². The van der Waals surface area contributed by atoms with E-state index in [4.69, 9.17) is 9.47 Å². The van der Waals surface area contributed by atoms with Crippen LogP contribution < -0.4 is 5.32 Å². The molecule has 19 heavy (non-hydrogen) atoms. The maximum absolute atomic E-state index is 5.59. The molecule has 0 bridgehead atoms. The fraction of sp³-hybridized carbons (Fsp3) is 0.462. The fourth-order valence-electron chi connectivity index (χ4n) is 2.10. The lowest BCUT2D eigenvalue weighted by molar-refractivity contribution is -0.0864. The average molecular weight is 279 g/mol. The number of nitrogens with one attached hydrogen (secondary N) is 2. The molecule has 3 heterocycles. The number of thiophene rings is 1. The smallest absolute Gasteiger partial charge is 0.0933 e. The van der Waals surface area contributed by atoms with Crippen LogP contribution in [-0.2, 0) is 16.0 Å². The first kappa shape index (κ1) is 12.8. The van der Waals surface area contributed by atoms with Gasteiger partial charge in [0.25, 0.3) is 0 Å². The molecule has 0 aromatic carbocycles. The van der Waals surface area contributed by atoms with Crippen molar-refractivity contribution in [2.45, 2.75) is 12.6 Å². The predicted octanol–water partition coefficient (Wildman–Crippen LogP) is 1.64. The Labute approximate surface area is 115 Å². The maximum atomic E-state index is 5.59. The van der Waals surface area contributed by atoms with E-state index in [-0.39, 0.29) is 6.10 Å². The third-order valence-electron chi connectivity index (χ3n) is 3.06. The number of aromatic nitrogens is 2. The highest BCUT2D eigenvalue weighted by Crippen LogP contribution is 2.25. The number of hydrogen-bond acceptors (Lipinski definition) is 5. The summed E-state index contributed by atoms with van der Waals surface area (Å²) in [6.45, 7) is 3.66. The molecular formula is C13H17N3O2S. The molecule has 2 aromatic heterocycles. The van der Waals surface area contributed by atoms with Gasteiger partial charge in [-0.25, -0.2) is 0 Å². The van der Waals surface area contributed by atoms with Crippen LogP contribution in [0.5, 0.6) is 0 Å². The maximum Gasteiger partial charge on any atom is 0.0933 e. The lowest BCUT2D eigenvalue weighted by atomic mass is 10.2. The van der Waals surface area contributed by atoms with Crippen molar-refractivity contribution in [3.63, 3.8) is 0 Å². The van der Waals surface area contributed by atoms with E-state index in [2.05, 4.69) is 27.0 Å². The molecule has 2 N–H and O–H groups in total. The van der Waals surface area contributed by atoms with E-state index < -0.39 is 0 Å². The average Bonchev–Trinajstić information content (AvgIpc) is 3.10. The van der Waals surface area contributed by atoms with E-state index in [9.17, 15) is 0 Å². The molecule has 102 valence electrons. The summed E-state index contributed by atoms with van der Waals surface area (Å²) in [5, 5.41) is 12.7. The second kappa shape index (κ2) is 6.29. The topological polar surface area (TPSA) is 59.2 Å². The van der Waals surface area contributed by atoms with Gasteiger partial charge in [0.1, 0.15) is 0 Å². The Morgan fingerprint density at radius 1 is 1.47 bits per heavy atom. The molecule has 3 rings (SSSR count).